The predicted molar refractivity (Wildman–Crippen MR) is 112 cm³/mol. The molecule has 6 nitrogen and oxygen atoms in total. The third kappa shape index (κ3) is 4.70. The molecular formula is C22H18N2O4S. The lowest BCUT2D eigenvalue weighted by Crippen LogP contribution is -2.15. The van der Waals surface area contributed by atoms with Crippen LogP contribution >= 0.6 is 11.3 Å². The van der Waals surface area contributed by atoms with Crippen molar-refractivity contribution in [2.75, 3.05) is 5.32 Å². The van der Waals surface area contributed by atoms with Crippen LogP contribution in [0.3, 0.4) is 0 Å². The van der Waals surface area contributed by atoms with Gasteiger partial charge in [-0.25, -0.2) is 9.78 Å². The number of carbonyl (C=O) groups is 1. The number of aryl methyl sites for hydroxylation is 1. The molecule has 0 saturated carbocycles. The second kappa shape index (κ2) is 8.28. The van der Waals surface area contributed by atoms with Crippen molar-refractivity contribution >= 4 is 33.9 Å². The van der Waals surface area contributed by atoms with Crippen molar-refractivity contribution in [3.63, 3.8) is 0 Å². The number of benzene rings is 2. The van der Waals surface area contributed by atoms with Crippen LogP contribution in [0.5, 0.6) is 5.75 Å². The summed E-state index contributed by atoms with van der Waals surface area (Å²) in [6.07, 6.45) is 0.208. The number of rotatable bonds is 6. The lowest BCUT2D eigenvalue weighted by molar-refractivity contribution is -0.115. The molecule has 0 atom stereocenters. The second-order valence-corrected chi connectivity index (χ2v) is 7.46. The van der Waals surface area contributed by atoms with E-state index >= 15 is 0 Å². The van der Waals surface area contributed by atoms with Crippen molar-refractivity contribution in [1.29, 1.82) is 0 Å². The molecule has 0 spiro atoms. The van der Waals surface area contributed by atoms with Crippen LogP contribution in [0, 0.1) is 6.92 Å². The van der Waals surface area contributed by atoms with Crippen LogP contribution in [-0.2, 0) is 17.8 Å². The molecule has 2 heterocycles. The summed E-state index contributed by atoms with van der Waals surface area (Å²) >= 11 is 1.42. The largest absolute Gasteiger partial charge is 0.487 e. The maximum absolute atomic E-state index is 12.3. The molecule has 0 aliphatic rings. The first kappa shape index (κ1) is 18.9. The number of carbonyl (C=O) groups excluding carboxylic acids is 1. The van der Waals surface area contributed by atoms with Crippen LogP contribution in [0.2, 0.25) is 0 Å². The minimum absolute atomic E-state index is 0.106. The second-order valence-electron chi connectivity index (χ2n) is 6.52. The quantitative estimate of drug-likeness (QED) is 0.482. The van der Waals surface area contributed by atoms with Crippen molar-refractivity contribution in [2.45, 2.75) is 20.0 Å². The topological polar surface area (TPSA) is 81.4 Å². The third-order valence-corrected chi connectivity index (χ3v) is 5.21. The Bertz CT molecular complexity index is 1230. The van der Waals surface area contributed by atoms with Crippen molar-refractivity contribution in [3.05, 3.63) is 86.7 Å². The molecule has 0 aliphatic heterocycles. The monoisotopic (exact) mass is 406 g/mol. The highest BCUT2D eigenvalue weighted by molar-refractivity contribution is 7.09. The standard InChI is InChI=1S/C22H18N2O4S/c1-14-4-2-3-5-18(14)24-20(25)11-21-23-16(13-29-21)12-27-17-8-6-15-7-9-22(26)28-19(15)10-17/h2-10,13H,11-12H2,1H3,(H,24,25). The van der Waals surface area contributed by atoms with E-state index in [-0.39, 0.29) is 18.9 Å². The fourth-order valence-corrected chi connectivity index (χ4v) is 3.61. The summed E-state index contributed by atoms with van der Waals surface area (Å²) in [4.78, 5) is 28.1. The first-order valence-corrected chi connectivity index (χ1v) is 9.90. The van der Waals surface area contributed by atoms with E-state index in [2.05, 4.69) is 10.3 Å². The van der Waals surface area contributed by atoms with Crippen LogP contribution in [-0.4, -0.2) is 10.9 Å². The van der Waals surface area contributed by atoms with E-state index in [0.717, 1.165) is 27.3 Å². The number of ether oxygens (including phenoxy) is 1. The van der Waals surface area contributed by atoms with Crippen LogP contribution in [0.1, 0.15) is 16.3 Å². The number of nitrogens with zero attached hydrogens (tertiary/aromatic N) is 1. The molecule has 29 heavy (non-hydrogen) atoms. The molecule has 0 aliphatic carbocycles. The van der Waals surface area contributed by atoms with Crippen LogP contribution in [0.4, 0.5) is 5.69 Å². The third-order valence-electron chi connectivity index (χ3n) is 4.31. The van der Waals surface area contributed by atoms with Gasteiger partial charge in [0.25, 0.3) is 0 Å². The fraction of sp³-hybridized carbons (Fsp3) is 0.136. The molecule has 2 aromatic carbocycles. The van der Waals surface area contributed by atoms with Crippen molar-refractivity contribution in [1.82, 2.24) is 4.98 Å². The molecule has 0 radical (unpaired) electrons. The Balaban J connectivity index is 1.36. The summed E-state index contributed by atoms with van der Waals surface area (Å²) in [6.45, 7) is 2.21. The number of thiazole rings is 1. The van der Waals surface area contributed by atoms with E-state index in [9.17, 15) is 9.59 Å². The molecule has 0 saturated heterocycles. The smallest absolute Gasteiger partial charge is 0.336 e. The van der Waals surface area contributed by atoms with Crippen molar-refractivity contribution < 1.29 is 13.9 Å². The van der Waals surface area contributed by atoms with Crippen molar-refractivity contribution in [3.8, 4) is 5.75 Å². The number of anilines is 1. The maximum Gasteiger partial charge on any atom is 0.336 e. The summed E-state index contributed by atoms with van der Waals surface area (Å²) in [7, 11) is 0. The molecule has 0 unspecified atom stereocenters. The molecule has 0 fully saturated rings. The highest BCUT2D eigenvalue weighted by Crippen LogP contribution is 2.21. The minimum atomic E-state index is -0.400. The summed E-state index contributed by atoms with van der Waals surface area (Å²) in [5.74, 6) is 0.476. The molecule has 1 N–H and O–H groups in total. The molecule has 146 valence electrons. The SMILES string of the molecule is Cc1ccccc1NC(=O)Cc1nc(COc2ccc3ccc(=O)oc3c2)cs1. The van der Waals surface area contributed by atoms with Gasteiger partial charge in [0, 0.05) is 28.6 Å². The Kier molecular flexibility index (Phi) is 5.39. The zero-order valence-electron chi connectivity index (χ0n) is 15.7. The Hall–Kier alpha value is -3.45. The molecule has 4 rings (SSSR count). The maximum atomic E-state index is 12.3. The average molecular weight is 406 g/mol. The first-order valence-electron chi connectivity index (χ1n) is 9.02. The number of aromatic nitrogens is 1. The average Bonchev–Trinajstić information content (AvgIpc) is 3.15. The number of hydrogen-bond donors (Lipinski definition) is 1. The molecular weight excluding hydrogens is 388 g/mol. The highest BCUT2D eigenvalue weighted by Gasteiger charge is 2.10. The summed E-state index contributed by atoms with van der Waals surface area (Å²) in [6, 6.07) is 16.1. The van der Waals surface area contributed by atoms with E-state index < -0.39 is 5.63 Å². The van der Waals surface area contributed by atoms with Gasteiger partial charge in [-0.1, -0.05) is 18.2 Å². The van der Waals surface area contributed by atoms with Gasteiger partial charge in [0.15, 0.2) is 0 Å². The molecule has 1 amide bonds. The molecule has 2 aromatic heterocycles. The van der Waals surface area contributed by atoms with Gasteiger partial charge in [0.1, 0.15) is 22.9 Å². The van der Waals surface area contributed by atoms with Gasteiger partial charge in [-0.2, -0.15) is 0 Å². The first-order chi connectivity index (χ1) is 14.1. The molecule has 0 bridgehead atoms. The normalized spacial score (nSPS) is 10.8. The summed E-state index contributed by atoms with van der Waals surface area (Å²) in [5, 5.41) is 6.33. The number of amides is 1. The molecule has 4 aromatic rings. The number of nitrogens with one attached hydrogen (secondary N) is 1. The van der Waals surface area contributed by atoms with E-state index in [0.29, 0.717) is 11.3 Å². The zero-order chi connectivity index (χ0) is 20.2. The van der Waals surface area contributed by atoms with Gasteiger partial charge in [0.05, 0.1) is 12.1 Å². The predicted octanol–water partition coefficient (Wildman–Crippen LogP) is 4.32. The summed E-state index contributed by atoms with van der Waals surface area (Å²) in [5.41, 5.74) is 2.63. The van der Waals surface area contributed by atoms with Crippen LogP contribution < -0.4 is 15.7 Å². The Morgan fingerprint density at radius 1 is 1.17 bits per heavy atom. The number of hydrogen-bond acceptors (Lipinski definition) is 6. The van der Waals surface area contributed by atoms with Gasteiger partial charge >= 0.3 is 5.63 Å². The van der Waals surface area contributed by atoms with Crippen molar-refractivity contribution in [2.24, 2.45) is 0 Å². The minimum Gasteiger partial charge on any atom is -0.487 e. The van der Waals surface area contributed by atoms with E-state index in [4.69, 9.17) is 9.15 Å². The van der Waals surface area contributed by atoms with E-state index in [1.54, 1.807) is 12.1 Å². The van der Waals surface area contributed by atoms with Gasteiger partial charge in [-0.05, 0) is 36.8 Å². The van der Waals surface area contributed by atoms with Crippen LogP contribution in [0.25, 0.3) is 11.0 Å². The van der Waals surface area contributed by atoms with E-state index in [1.807, 2.05) is 48.7 Å². The summed E-state index contributed by atoms with van der Waals surface area (Å²) < 4.78 is 10.9. The van der Waals surface area contributed by atoms with Gasteiger partial charge in [-0.15, -0.1) is 11.3 Å². The lowest BCUT2D eigenvalue weighted by Gasteiger charge is -2.07. The number of para-hydroxylation sites is 1. The van der Waals surface area contributed by atoms with Gasteiger partial charge in [-0.3, -0.25) is 4.79 Å². The Morgan fingerprint density at radius 2 is 2.00 bits per heavy atom. The molecule has 7 heteroatoms. The Labute approximate surface area is 170 Å². The fourth-order valence-electron chi connectivity index (χ4n) is 2.83. The van der Waals surface area contributed by atoms with E-state index in [1.165, 1.54) is 17.4 Å². The highest BCUT2D eigenvalue weighted by atomic mass is 32.1. The van der Waals surface area contributed by atoms with Gasteiger partial charge < -0.3 is 14.5 Å². The van der Waals surface area contributed by atoms with Gasteiger partial charge in [0.2, 0.25) is 5.91 Å². The lowest BCUT2D eigenvalue weighted by atomic mass is 10.2. The number of fused-ring (bicyclic) bond motifs is 1. The zero-order valence-corrected chi connectivity index (χ0v) is 16.5. The van der Waals surface area contributed by atoms with Crippen LogP contribution in [0.15, 0.2) is 69.2 Å². The Morgan fingerprint density at radius 3 is 2.86 bits per heavy atom.